The van der Waals surface area contributed by atoms with E-state index in [0.29, 0.717) is 17.5 Å². The minimum atomic E-state index is 0.613. The lowest BCUT2D eigenvalue weighted by atomic mass is 9.96. The lowest BCUT2D eigenvalue weighted by molar-refractivity contribution is 0.669. The van der Waals surface area contributed by atoms with E-state index in [1.54, 1.807) is 0 Å². The lowest BCUT2D eigenvalue weighted by Crippen LogP contribution is -2.00. The zero-order valence-electron chi connectivity index (χ0n) is 24.2. The fourth-order valence-electron chi connectivity index (χ4n) is 6.33. The van der Waals surface area contributed by atoms with Gasteiger partial charge in [-0.2, -0.15) is 0 Å². The molecule has 0 aliphatic rings. The van der Waals surface area contributed by atoms with Crippen LogP contribution in [0.3, 0.4) is 0 Å². The molecule has 0 radical (unpaired) electrons. The van der Waals surface area contributed by atoms with Crippen molar-refractivity contribution in [2.24, 2.45) is 0 Å². The molecule has 0 spiro atoms. The summed E-state index contributed by atoms with van der Waals surface area (Å²) in [5, 5.41) is 6.83. The molecule has 0 saturated carbocycles. The first-order valence-electron chi connectivity index (χ1n) is 15.0. The minimum absolute atomic E-state index is 0.613. The Morgan fingerprint density at radius 2 is 0.956 bits per heavy atom. The van der Waals surface area contributed by atoms with Crippen molar-refractivity contribution >= 4 is 43.5 Å². The second-order valence-corrected chi connectivity index (χ2v) is 11.3. The molecule has 4 heteroatoms. The molecule has 0 N–H and O–H groups in total. The van der Waals surface area contributed by atoms with Crippen LogP contribution in [0.4, 0.5) is 0 Å². The van der Waals surface area contributed by atoms with Gasteiger partial charge in [-0.3, -0.25) is 0 Å². The first-order chi connectivity index (χ1) is 22.3. The van der Waals surface area contributed by atoms with Gasteiger partial charge in [0.1, 0.15) is 11.2 Å². The molecule has 4 nitrogen and oxygen atoms in total. The average Bonchev–Trinajstić information content (AvgIpc) is 3.50. The van der Waals surface area contributed by atoms with Crippen molar-refractivity contribution < 1.29 is 4.42 Å². The summed E-state index contributed by atoms with van der Waals surface area (Å²) in [6.07, 6.45) is 0. The monoisotopic (exact) mass is 575 g/mol. The van der Waals surface area contributed by atoms with Crippen molar-refractivity contribution in [1.82, 2.24) is 15.0 Å². The molecule has 2 heterocycles. The van der Waals surface area contributed by atoms with Crippen molar-refractivity contribution in [3.63, 3.8) is 0 Å². The van der Waals surface area contributed by atoms with E-state index in [-0.39, 0.29) is 0 Å². The summed E-state index contributed by atoms with van der Waals surface area (Å²) in [7, 11) is 0. The Kier molecular flexibility index (Phi) is 5.78. The Labute approximate surface area is 259 Å². The first kappa shape index (κ1) is 25.4. The van der Waals surface area contributed by atoms with Gasteiger partial charge in [0.15, 0.2) is 17.5 Å². The maximum atomic E-state index is 6.19. The molecule has 7 aromatic carbocycles. The van der Waals surface area contributed by atoms with Crippen LogP contribution in [0.25, 0.3) is 88.8 Å². The Morgan fingerprint density at radius 1 is 0.356 bits per heavy atom. The number of benzene rings is 7. The molecule has 0 fully saturated rings. The lowest BCUT2D eigenvalue weighted by Gasteiger charge is -2.11. The summed E-state index contributed by atoms with van der Waals surface area (Å²) in [4.78, 5) is 15.1. The van der Waals surface area contributed by atoms with Gasteiger partial charge in [0.05, 0.1) is 0 Å². The fraction of sp³-hybridized carbons (Fsp3) is 0. The molecule has 210 valence electrons. The molecule has 9 aromatic rings. The second-order valence-electron chi connectivity index (χ2n) is 11.3. The molecule has 0 bridgehead atoms. The van der Waals surface area contributed by atoms with Gasteiger partial charge in [-0.1, -0.05) is 127 Å². The van der Waals surface area contributed by atoms with Crippen molar-refractivity contribution in [2.75, 3.05) is 0 Å². The smallest absolute Gasteiger partial charge is 0.164 e. The van der Waals surface area contributed by atoms with Gasteiger partial charge in [-0.25, -0.2) is 15.0 Å². The number of fused-ring (bicyclic) bond motifs is 5. The Hall–Kier alpha value is -6.13. The molecule has 0 saturated heterocycles. The topological polar surface area (TPSA) is 51.8 Å². The molecule has 0 atom stereocenters. The summed E-state index contributed by atoms with van der Waals surface area (Å²) in [6, 6.07) is 52.3. The highest BCUT2D eigenvalue weighted by molar-refractivity contribution is 6.11. The van der Waals surface area contributed by atoms with E-state index in [9.17, 15) is 0 Å². The van der Waals surface area contributed by atoms with Crippen molar-refractivity contribution in [3.05, 3.63) is 152 Å². The maximum absolute atomic E-state index is 6.19. The van der Waals surface area contributed by atoms with Crippen molar-refractivity contribution in [3.8, 4) is 45.3 Å². The highest BCUT2D eigenvalue weighted by Gasteiger charge is 2.18. The van der Waals surface area contributed by atoms with E-state index in [0.717, 1.165) is 49.4 Å². The zero-order valence-corrected chi connectivity index (χ0v) is 24.2. The highest BCUT2D eigenvalue weighted by Crippen LogP contribution is 2.37. The predicted molar refractivity (Wildman–Crippen MR) is 184 cm³/mol. The Morgan fingerprint density at radius 3 is 1.82 bits per heavy atom. The van der Waals surface area contributed by atoms with Crippen LogP contribution in [-0.2, 0) is 0 Å². The summed E-state index contributed by atoms with van der Waals surface area (Å²) in [6.45, 7) is 0. The quantitative estimate of drug-likeness (QED) is 0.209. The Bertz CT molecular complexity index is 2540. The van der Waals surface area contributed by atoms with E-state index in [2.05, 4.69) is 91.0 Å². The van der Waals surface area contributed by atoms with Gasteiger partial charge in [0.25, 0.3) is 0 Å². The van der Waals surface area contributed by atoms with Crippen LogP contribution in [0.2, 0.25) is 0 Å². The van der Waals surface area contributed by atoms with Gasteiger partial charge >= 0.3 is 0 Å². The van der Waals surface area contributed by atoms with Gasteiger partial charge < -0.3 is 4.42 Å². The predicted octanol–water partition coefficient (Wildman–Crippen LogP) is 10.7. The third-order valence-electron chi connectivity index (χ3n) is 8.51. The minimum Gasteiger partial charge on any atom is -0.456 e. The van der Waals surface area contributed by atoms with E-state index in [1.165, 1.54) is 21.9 Å². The summed E-state index contributed by atoms with van der Waals surface area (Å²) < 4.78 is 6.19. The third-order valence-corrected chi connectivity index (χ3v) is 8.51. The number of aromatic nitrogens is 3. The van der Waals surface area contributed by atoms with Gasteiger partial charge in [0, 0.05) is 27.5 Å². The highest BCUT2D eigenvalue weighted by atomic mass is 16.3. The van der Waals surface area contributed by atoms with Crippen molar-refractivity contribution in [2.45, 2.75) is 0 Å². The van der Waals surface area contributed by atoms with Gasteiger partial charge in [0.2, 0.25) is 0 Å². The molecule has 0 unspecified atom stereocenters. The molecule has 0 amide bonds. The van der Waals surface area contributed by atoms with Gasteiger partial charge in [-0.15, -0.1) is 0 Å². The largest absolute Gasteiger partial charge is 0.456 e. The molecule has 9 rings (SSSR count). The summed E-state index contributed by atoms with van der Waals surface area (Å²) in [5.74, 6) is 1.87. The maximum Gasteiger partial charge on any atom is 0.164 e. The first-order valence-corrected chi connectivity index (χ1v) is 15.0. The van der Waals surface area contributed by atoms with Gasteiger partial charge in [-0.05, 0) is 56.9 Å². The van der Waals surface area contributed by atoms with E-state index in [1.807, 2.05) is 60.7 Å². The Balaban J connectivity index is 1.21. The van der Waals surface area contributed by atoms with Crippen LogP contribution in [0.1, 0.15) is 0 Å². The second kappa shape index (κ2) is 10.2. The standard InChI is InChI=1S/C41H25N3O/c1-2-11-27(12-3-1)39-42-40(44-41(43-39)35-17-9-19-37-38(35)34-15-6-7-18-36(34)45-37)31-23-21-28-24-30(22-20-29(28)25-31)33-16-8-13-26-10-4-5-14-32(26)33/h1-25H. The van der Waals surface area contributed by atoms with E-state index in [4.69, 9.17) is 19.4 Å². The number of furan rings is 1. The molecule has 45 heavy (non-hydrogen) atoms. The molecular formula is C41H25N3O. The van der Waals surface area contributed by atoms with Crippen LogP contribution in [-0.4, -0.2) is 15.0 Å². The molecular weight excluding hydrogens is 550 g/mol. The van der Waals surface area contributed by atoms with E-state index >= 15 is 0 Å². The normalized spacial score (nSPS) is 11.6. The summed E-state index contributed by atoms with van der Waals surface area (Å²) >= 11 is 0. The number of nitrogens with zero attached hydrogens (tertiary/aromatic N) is 3. The molecule has 0 aliphatic carbocycles. The van der Waals surface area contributed by atoms with Crippen LogP contribution in [0, 0.1) is 0 Å². The van der Waals surface area contributed by atoms with Crippen LogP contribution in [0.15, 0.2) is 156 Å². The van der Waals surface area contributed by atoms with Crippen molar-refractivity contribution in [1.29, 1.82) is 0 Å². The molecule has 0 aliphatic heterocycles. The average molecular weight is 576 g/mol. The van der Waals surface area contributed by atoms with Crippen LogP contribution in [0.5, 0.6) is 0 Å². The summed E-state index contributed by atoms with van der Waals surface area (Å²) in [5.41, 5.74) is 6.87. The number of para-hydroxylation sites is 1. The number of hydrogen-bond acceptors (Lipinski definition) is 4. The van der Waals surface area contributed by atoms with E-state index < -0.39 is 0 Å². The van der Waals surface area contributed by atoms with Crippen LogP contribution >= 0.6 is 0 Å². The third kappa shape index (κ3) is 4.35. The number of rotatable bonds is 4. The van der Waals surface area contributed by atoms with Crippen LogP contribution < -0.4 is 0 Å². The fourth-order valence-corrected chi connectivity index (χ4v) is 6.33. The zero-order chi connectivity index (χ0) is 29.7. The number of hydrogen-bond donors (Lipinski definition) is 0. The molecule has 2 aromatic heterocycles. The SMILES string of the molecule is c1ccc(-c2nc(-c3ccc4cc(-c5cccc6ccccc56)ccc4c3)nc(-c3cccc4oc5ccccc5c34)n2)cc1.